The zero-order chi connectivity index (χ0) is 17.1. The molecule has 0 saturated heterocycles. The summed E-state index contributed by atoms with van der Waals surface area (Å²) in [6, 6.07) is 16.4. The number of nitrogens with zero attached hydrogens (tertiary/aromatic N) is 2. The van der Waals surface area contributed by atoms with Gasteiger partial charge in [0.2, 0.25) is 0 Å². The highest BCUT2D eigenvalue weighted by molar-refractivity contribution is 6.31. The van der Waals surface area contributed by atoms with Crippen molar-refractivity contribution < 1.29 is 4.79 Å². The van der Waals surface area contributed by atoms with E-state index in [9.17, 15) is 4.79 Å². The molecule has 3 aromatic rings. The standard InChI is InChI=1S/C18H17ClN4O/c1-12-17(19)13(2)23(22-12)16-10-8-15(9-11-16)21-18(24)20-14-6-4-3-5-7-14/h3-11H,1-2H3,(H2,20,21,24). The van der Waals surface area contributed by atoms with Crippen molar-refractivity contribution in [1.29, 1.82) is 0 Å². The van der Waals surface area contributed by atoms with Gasteiger partial charge in [0.15, 0.2) is 0 Å². The van der Waals surface area contributed by atoms with Gasteiger partial charge in [0, 0.05) is 11.4 Å². The average Bonchev–Trinajstić information content (AvgIpc) is 2.84. The van der Waals surface area contributed by atoms with Gasteiger partial charge < -0.3 is 10.6 Å². The van der Waals surface area contributed by atoms with Crippen molar-refractivity contribution in [3.05, 3.63) is 71.0 Å². The van der Waals surface area contributed by atoms with E-state index < -0.39 is 0 Å². The number of anilines is 2. The van der Waals surface area contributed by atoms with Crippen LogP contribution in [0.2, 0.25) is 5.02 Å². The van der Waals surface area contributed by atoms with E-state index in [1.807, 2.05) is 68.4 Å². The van der Waals surface area contributed by atoms with Gasteiger partial charge in [0.05, 0.1) is 22.1 Å². The lowest BCUT2D eigenvalue weighted by Gasteiger charge is -2.09. The summed E-state index contributed by atoms with van der Waals surface area (Å²) in [5, 5.41) is 10.6. The molecular weight excluding hydrogens is 324 g/mol. The Labute approximate surface area is 145 Å². The molecule has 0 saturated carbocycles. The summed E-state index contributed by atoms with van der Waals surface area (Å²) in [7, 11) is 0. The van der Waals surface area contributed by atoms with E-state index in [1.54, 1.807) is 4.68 Å². The summed E-state index contributed by atoms with van der Waals surface area (Å²) in [5.41, 5.74) is 4.00. The molecule has 0 bridgehead atoms. The summed E-state index contributed by atoms with van der Waals surface area (Å²) in [6.07, 6.45) is 0. The van der Waals surface area contributed by atoms with Crippen LogP contribution in [0.4, 0.5) is 16.2 Å². The summed E-state index contributed by atoms with van der Waals surface area (Å²) >= 11 is 6.18. The molecule has 24 heavy (non-hydrogen) atoms. The lowest BCUT2D eigenvalue weighted by molar-refractivity contribution is 0.262. The predicted octanol–water partition coefficient (Wildman–Crippen LogP) is 4.79. The molecule has 6 heteroatoms. The normalized spacial score (nSPS) is 10.5. The van der Waals surface area contributed by atoms with Crippen molar-refractivity contribution in [2.75, 3.05) is 10.6 Å². The minimum atomic E-state index is -0.289. The first-order valence-electron chi connectivity index (χ1n) is 7.50. The number of hydrogen-bond acceptors (Lipinski definition) is 2. The number of nitrogens with one attached hydrogen (secondary N) is 2. The molecule has 0 spiro atoms. The van der Waals surface area contributed by atoms with E-state index in [-0.39, 0.29) is 6.03 Å². The van der Waals surface area contributed by atoms with Crippen LogP contribution in [0.15, 0.2) is 54.6 Å². The Morgan fingerprint density at radius 3 is 2.08 bits per heavy atom. The van der Waals surface area contributed by atoms with Crippen LogP contribution >= 0.6 is 11.6 Å². The van der Waals surface area contributed by atoms with Gasteiger partial charge in [0.1, 0.15) is 0 Å². The summed E-state index contributed by atoms with van der Waals surface area (Å²) < 4.78 is 1.78. The maximum Gasteiger partial charge on any atom is 0.323 e. The van der Waals surface area contributed by atoms with E-state index in [2.05, 4.69) is 15.7 Å². The first kappa shape index (κ1) is 16.1. The van der Waals surface area contributed by atoms with E-state index in [0.29, 0.717) is 10.7 Å². The number of hydrogen-bond donors (Lipinski definition) is 2. The van der Waals surface area contributed by atoms with Crippen LogP contribution in [0.1, 0.15) is 11.4 Å². The Morgan fingerprint density at radius 1 is 0.958 bits per heavy atom. The molecule has 2 aromatic carbocycles. The zero-order valence-electron chi connectivity index (χ0n) is 13.4. The highest BCUT2D eigenvalue weighted by Gasteiger charge is 2.10. The Balaban J connectivity index is 1.70. The van der Waals surface area contributed by atoms with Crippen LogP contribution in [0.5, 0.6) is 0 Å². The van der Waals surface area contributed by atoms with Gasteiger partial charge in [-0.3, -0.25) is 0 Å². The van der Waals surface area contributed by atoms with Crippen LogP contribution in [0.25, 0.3) is 5.69 Å². The van der Waals surface area contributed by atoms with Gasteiger partial charge in [-0.1, -0.05) is 29.8 Å². The molecule has 5 nitrogen and oxygen atoms in total. The Morgan fingerprint density at radius 2 is 1.54 bits per heavy atom. The number of amides is 2. The summed E-state index contributed by atoms with van der Waals surface area (Å²) in [5.74, 6) is 0. The van der Waals surface area contributed by atoms with Gasteiger partial charge >= 0.3 is 6.03 Å². The first-order chi connectivity index (χ1) is 11.5. The monoisotopic (exact) mass is 340 g/mol. The molecule has 2 N–H and O–H groups in total. The van der Waals surface area contributed by atoms with Gasteiger partial charge in [-0.05, 0) is 50.2 Å². The van der Waals surface area contributed by atoms with Gasteiger partial charge in [-0.2, -0.15) is 5.10 Å². The van der Waals surface area contributed by atoms with Gasteiger partial charge in [-0.15, -0.1) is 0 Å². The third-order valence-corrected chi connectivity index (χ3v) is 4.15. The minimum Gasteiger partial charge on any atom is -0.308 e. The van der Waals surface area contributed by atoms with Crippen molar-refractivity contribution in [2.45, 2.75) is 13.8 Å². The van der Waals surface area contributed by atoms with Crippen molar-refractivity contribution in [3.8, 4) is 5.69 Å². The fourth-order valence-corrected chi connectivity index (χ4v) is 2.49. The molecule has 1 aromatic heterocycles. The number of carbonyl (C=O) groups is 1. The third-order valence-electron chi connectivity index (χ3n) is 3.60. The van der Waals surface area contributed by atoms with Crippen LogP contribution in [0.3, 0.4) is 0 Å². The van der Waals surface area contributed by atoms with Crippen LogP contribution in [0, 0.1) is 13.8 Å². The number of aryl methyl sites for hydroxylation is 1. The van der Waals surface area contributed by atoms with Crippen molar-refractivity contribution in [2.24, 2.45) is 0 Å². The van der Waals surface area contributed by atoms with Crippen LogP contribution in [-0.2, 0) is 0 Å². The average molecular weight is 341 g/mol. The van der Waals surface area contributed by atoms with Gasteiger partial charge in [-0.25, -0.2) is 9.48 Å². The third kappa shape index (κ3) is 3.41. The molecule has 0 radical (unpaired) electrons. The molecule has 0 aliphatic heterocycles. The minimum absolute atomic E-state index is 0.289. The van der Waals surface area contributed by atoms with Crippen LogP contribution < -0.4 is 10.6 Å². The number of halogens is 1. The number of urea groups is 1. The Kier molecular flexibility index (Phi) is 4.53. The summed E-state index contributed by atoms with van der Waals surface area (Å²) in [6.45, 7) is 3.79. The first-order valence-corrected chi connectivity index (χ1v) is 7.87. The topological polar surface area (TPSA) is 59.0 Å². The molecule has 0 unspecified atom stereocenters. The fraction of sp³-hybridized carbons (Fsp3) is 0.111. The number of benzene rings is 2. The molecule has 3 rings (SSSR count). The van der Waals surface area contributed by atoms with Crippen molar-refractivity contribution in [1.82, 2.24) is 9.78 Å². The molecule has 0 fully saturated rings. The largest absolute Gasteiger partial charge is 0.323 e. The SMILES string of the molecule is Cc1nn(-c2ccc(NC(=O)Nc3ccccc3)cc2)c(C)c1Cl. The van der Waals surface area contributed by atoms with E-state index in [0.717, 1.165) is 22.8 Å². The number of aromatic nitrogens is 2. The van der Waals surface area contributed by atoms with Crippen molar-refractivity contribution >= 4 is 29.0 Å². The van der Waals surface area contributed by atoms with Crippen molar-refractivity contribution in [3.63, 3.8) is 0 Å². The molecular formula is C18H17ClN4O. The molecule has 0 aliphatic rings. The molecule has 2 amide bonds. The van der Waals surface area contributed by atoms with Gasteiger partial charge in [0.25, 0.3) is 0 Å². The summed E-state index contributed by atoms with van der Waals surface area (Å²) in [4.78, 5) is 12.0. The molecule has 1 heterocycles. The number of rotatable bonds is 3. The fourth-order valence-electron chi connectivity index (χ4n) is 2.38. The van der Waals surface area contributed by atoms with Crippen LogP contribution in [-0.4, -0.2) is 15.8 Å². The lowest BCUT2D eigenvalue weighted by Crippen LogP contribution is -2.19. The Bertz CT molecular complexity index is 857. The van der Waals surface area contributed by atoms with E-state index >= 15 is 0 Å². The lowest BCUT2D eigenvalue weighted by atomic mass is 10.2. The number of para-hydroxylation sites is 1. The van der Waals surface area contributed by atoms with E-state index in [1.165, 1.54) is 0 Å². The molecule has 122 valence electrons. The highest BCUT2D eigenvalue weighted by atomic mass is 35.5. The second-order valence-electron chi connectivity index (χ2n) is 5.39. The maximum absolute atomic E-state index is 12.0. The zero-order valence-corrected chi connectivity index (χ0v) is 14.1. The number of carbonyl (C=O) groups excluding carboxylic acids is 1. The Hall–Kier alpha value is -2.79. The quantitative estimate of drug-likeness (QED) is 0.720. The molecule has 0 atom stereocenters. The smallest absolute Gasteiger partial charge is 0.308 e. The maximum atomic E-state index is 12.0. The second kappa shape index (κ2) is 6.76. The highest BCUT2D eigenvalue weighted by Crippen LogP contribution is 2.23. The predicted molar refractivity (Wildman–Crippen MR) is 97.1 cm³/mol. The molecule has 0 aliphatic carbocycles. The second-order valence-corrected chi connectivity index (χ2v) is 5.77. The van der Waals surface area contributed by atoms with E-state index in [4.69, 9.17) is 11.6 Å².